The van der Waals surface area contributed by atoms with Crippen LogP contribution in [0.4, 0.5) is 5.13 Å². The molecule has 0 bridgehead atoms. The molecule has 0 aliphatic carbocycles. The Labute approximate surface area is 107 Å². The SMILES string of the molecule is CNc1nc(C)c(Cc2cc(C)cc(C)c2)s1. The molecule has 0 spiro atoms. The van der Waals surface area contributed by atoms with Crippen molar-refractivity contribution in [1.82, 2.24) is 4.98 Å². The van der Waals surface area contributed by atoms with Gasteiger partial charge in [0, 0.05) is 18.3 Å². The van der Waals surface area contributed by atoms with Crippen LogP contribution in [0, 0.1) is 20.8 Å². The first-order valence-electron chi connectivity index (χ1n) is 5.79. The Morgan fingerprint density at radius 3 is 2.29 bits per heavy atom. The fourth-order valence-corrected chi connectivity index (χ4v) is 3.01. The predicted octanol–water partition coefficient (Wildman–Crippen LogP) is 3.70. The molecule has 2 rings (SSSR count). The van der Waals surface area contributed by atoms with Crippen molar-refractivity contribution in [2.24, 2.45) is 0 Å². The molecule has 0 fully saturated rings. The van der Waals surface area contributed by atoms with Crippen molar-refractivity contribution in [3.05, 3.63) is 45.5 Å². The lowest BCUT2D eigenvalue weighted by Gasteiger charge is -2.03. The number of aryl methyl sites for hydroxylation is 3. The number of benzene rings is 1. The van der Waals surface area contributed by atoms with Crippen LogP contribution in [0.15, 0.2) is 18.2 Å². The lowest BCUT2D eigenvalue weighted by molar-refractivity contribution is 1.14. The van der Waals surface area contributed by atoms with E-state index in [1.54, 1.807) is 11.3 Å². The summed E-state index contributed by atoms with van der Waals surface area (Å²) in [5.74, 6) is 0. The van der Waals surface area contributed by atoms with E-state index in [0.717, 1.165) is 17.2 Å². The lowest BCUT2D eigenvalue weighted by atomic mass is 10.0. The van der Waals surface area contributed by atoms with Crippen molar-refractivity contribution >= 4 is 16.5 Å². The third-order valence-electron chi connectivity index (χ3n) is 2.75. The Morgan fingerprint density at radius 2 is 1.76 bits per heavy atom. The van der Waals surface area contributed by atoms with Gasteiger partial charge < -0.3 is 5.32 Å². The molecule has 90 valence electrons. The van der Waals surface area contributed by atoms with Crippen LogP contribution in [0.1, 0.15) is 27.3 Å². The third kappa shape index (κ3) is 2.86. The highest BCUT2D eigenvalue weighted by atomic mass is 32.1. The molecule has 1 N–H and O–H groups in total. The summed E-state index contributed by atoms with van der Waals surface area (Å²) in [5.41, 5.74) is 5.17. The standard InChI is InChI=1S/C14H18N2S/c1-9-5-10(2)7-12(6-9)8-13-11(3)16-14(15-4)17-13/h5-7H,8H2,1-4H3,(H,15,16). The number of anilines is 1. The molecule has 0 aliphatic heterocycles. The molecule has 1 aromatic carbocycles. The van der Waals surface area contributed by atoms with Crippen LogP contribution in [0.5, 0.6) is 0 Å². The summed E-state index contributed by atoms with van der Waals surface area (Å²) < 4.78 is 0. The minimum absolute atomic E-state index is 0.980. The van der Waals surface area contributed by atoms with Gasteiger partial charge in [0.05, 0.1) is 5.69 Å². The quantitative estimate of drug-likeness (QED) is 0.893. The number of nitrogens with one attached hydrogen (secondary N) is 1. The van der Waals surface area contributed by atoms with Crippen LogP contribution in [-0.2, 0) is 6.42 Å². The van der Waals surface area contributed by atoms with E-state index < -0.39 is 0 Å². The maximum atomic E-state index is 4.48. The molecule has 2 nitrogen and oxygen atoms in total. The molecule has 0 saturated heterocycles. The number of rotatable bonds is 3. The van der Waals surface area contributed by atoms with Crippen LogP contribution in [0.25, 0.3) is 0 Å². The fraction of sp³-hybridized carbons (Fsp3) is 0.357. The van der Waals surface area contributed by atoms with Crippen LogP contribution < -0.4 is 5.32 Å². The summed E-state index contributed by atoms with van der Waals surface area (Å²) in [4.78, 5) is 5.82. The highest BCUT2D eigenvalue weighted by molar-refractivity contribution is 7.15. The summed E-state index contributed by atoms with van der Waals surface area (Å²) in [5, 5.41) is 4.11. The Hall–Kier alpha value is -1.35. The molecule has 1 heterocycles. The van der Waals surface area contributed by atoms with Gasteiger partial charge in [-0.25, -0.2) is 4.98 Å². The number of aromatic nitrogens is 1. The Balaban J connectivity index is 2.27. The fourth-order valence-electron chi connectivity index (χ4n) is 2.06. The molecule has 3 heteroatoms. The van der Waals surface area contributed by atoms with Gasteiger partial charge in [0.15, 0.2) is 5.13 Å². The van der Waals surface area contributed by atoms with E-state index in [1.165, 1.54) is 21.6 Å². The van der Waals surface area contributed by atoms with E-state index in [-0.39, 0.29) is 0 Å². The molecule has 0 amide bonds. The molecular formula is C14H18N2S. The van der Waals surface area contributed by atoms with Gasteiger partial charge >= 0.3 is 0 Å². The van der Waals surface area contributed by atoms with E-state index in [4.69, 9.17) is 0 Å². The Kier molecular flexibility index (Phi) is 3.48. The number of hydrogen-bond donors (Lipinski definition) is 1. The van der Waals surface area contributed by atoms with Crippen molar-refractivity contribution in [2.45, 2.75) is 27.2 Å². The molecule has 0 aliphatic rings. The van der Waals surface area contributed by atoms with Gasteiger partial charge in [-0.15, -0.1) is 11.3 Å². The first kappa shape index (κ1) is 12.1. The smallest absolute Gasteiger partial charge is 0.182 e. The second-order valence-corrected chi connectivity index (χ2v) is 5.53. The van der Waals surface area contributed by atoms with Crippen LogP contribution in [0.2, 0.25) is 0 Å². The molecule has 0 saturated carbocycles. The number of thiazole rings is 1. The lowest BCUT2D eigenvalue weighted by Crippen LogP contribution is -1.90. The molecule has 2 aromatic rings. The Bertz CT molecular complexity index is 509. The second kappa shape index (κ2) is 4.88. The van der Waals surface area contributed by atoms with Gasteiger partial charge in [0.25, 0.3) is 0 Å². The van der Waals surface area contributed by atoms with Crippen molar-refractivity contribution in [1.29, 1.82) is 0 Å². The van der Waals surface area contributed by atoms with Crippen molar-refractivity contribution in [3.8, 4) is 0 Å². The van der Waals surface area contributed by atoms with Crippen molar-refractivity contribution < 1.29 is 0 Å². The number of hydrogen-bond acceptors (Lipinski definition) is 3. The average molecular weight is 246 g/mol. The monoisotopic (exact) mass is 246 g/mol. The van der Waals surface area contributed by atoms with Gasteiger partial charge in [-0.05, 0) is 26.3 Å². The van der Waals surface area contributed by atoms with Gasteiger partial charge in [-0.1, -0.05) is 29.3 Å². The summed E-state index contributed by atoms with van der Waals surface area (Å²) in [6.07, 6.45) is 0.980. The zero-order chi connectivity index (χ0) is 12.4. The summed E-state index contributed by atoms with van der Waals surface area (Å²) in [7, 11) is 1.92. The average Bonchev–Trinajstić information content (AvgIpc) is 2.58. The maximum absolute atomic E-state index is 4.48. The van der Waals surface area contributed by atoms with Gasteiger partial charge in [0.2, 0.25) is 0 Å². The summed E-state index contributed by atoms with van der Waals surface area (Å²) in [6, 6.07) is 6.72. The largest absolute Gasteiger partial charge is 0.365 e. The van der Waals surface area contributed by atoms with Gasteiger partial charge in [0.1, 0.15) is 0 Å². The highest BCUT2D eigenvalue weighted by Gasteiger charge is 2.07. The van der Waals surface area contributed by atoms with Gasteiger partial charge in [-0.2, -0.15) is 0 Å². The van der Waals surface area contributed by atoms with Crippen LogP contribution >= 0.6 is 11.3 Å². The normalized spacial score (nSPS) is 10.6. The van der Waals surface area contributed by atoms with E-state index in [0.29, 0.717) is 0 Å². The maximum Gasteiger partial charge on any atom is 0.182 e. The zero-order valence-corrected chi connectivity index (χ0v) is 11.6. The molecule has 0 atom stereocenters. The Morgan fingerprint density at radius 1 is 1.12 bits per heavy atom. The first-order valence-corrected chi connectivity index (χ1v) is 6.61. The number of nitrogens with zero attached hydrogens (tertiary/aromatic N) is 1. The van der Waals surface area contributed by atoms with Gasteiger partial charge in [-0.3, -0.25) is 0 Å². The molecule has 0 unspecified atom stereocenters. The highest BCUT2D eigenvalue weighted by Crippen LogP contribution is 2.25. The topological polar surface area (TPSA) is 24.9 Å². The van der Waals surface area contributed by atoms with E-state index in [9.17, 15) is 0 Å². The minimum atomic E-state index is 0.980. The van der Waals surface area contributed by atoms with Crippen LogP contribution in [0.3, 0.4) is 0 Å². The predicted molar refractivity (Wildman–Crippen MR) is 75.1 cm³/mol. The van der Waals surface area contributed by atoms with E-state index >= 15 is 0 Å². The molecule has 17 heavy (non-hydrogen) atoms. The molecular weight excluding hydrogens is 228 g/mol. The zero-order valence-electron chi connectivity index (χ0n) is 10.8. The van der Waals surface area contributed by atoms with E-state index in [1.807, 2.05) is 7.05 Å². The third-order valence-corrected chi connectivity index (χ3v) is 3.93. The summed E-state index contributed by atoms with van der Waals surface area (Å²) >= 11 is 1.74. The van der Waals surface area contributed by atoms with Crippen LogP contribution in [-0.4, -0.2) is 12.0 Å². The summed E-state index contributed by atoms with van der Waals surface area (Å²) in [6.45, 7) is 6.37. The molecule has 1 aromatic heterocycles. The molecule has 0 radical (unpaired) electrons. The van der Waals surface area contributed by atoms with E-state index in [2.05, 4.69) is 49.3 Å². The first-order chi connectivity index (χ1) is 8.08. The van der Waals surface area contributed by atoms with Crippen molar-refractivity contribution in [2.75, 3.05) is 12.4 Å². The second-order valence-electron chi connectivity index (χ2n) is 4.45. The van der Waals surface area contributed by atoms with Crippen molar-refractivity contribution in [3.63, 3.8) is 0 Å². The minimum Gasteiger partial charge on any atom is -0.365 e.